The molecule has 2 rings (SSSR count). The number of hydrogen-bond donors (Lipinski definition) is 1. The summed E-state index contributed by atoms with van der Waals surface area (Å²) in [6.45, 7) is 6.23. The molecule has 3 heteroatoms. The molecule has 1 saturated carbocycles. The lowest BCUT2D eigenvalue weighted by atomic mass is 10.1. The fourth-order valence-corrected chi connectivity index (χ4v) is 2.22. The maximum absolute atomic E-state index is 11.5. The van der Waals surface area contributed by atoms with Gasteiger partial charge in [0, 0.05) is 31.6 Å². The summed E-state index contributed by atoms with van der Waals surface area (Å²) >= 11 is 0. The molecule has 1 heterocycles. The molecule has 0 amide bonds. The fourth-order valence-electron chi connectivity index (χ4n) is 2.22. The summed E-state index contributed by atoms with van der Waals surface area (Å²) in [5.74, 6) is 0.399. The van der Waals surface area contributed by atoms with Crippen molar-refractivity contribution in [3.8, 4) is 0 Å². The van der Waals surface area contributed by atoms with Crippen LogP contribution in [0.5, 0.6) is 0 Å². The monoisotopic (exact) mass is 196 g/mol. The largest absolute Gasteiger partial charge is 0.306 e. The van der Waals surface area contributed by atoms with Gasteiger partial charge in [0.25, 0.3) is 0 Å². The smallest absolute Gasteiger partial charge is 0.152 e. The minimum absolute atomic E-state index is 0.109. The van der Waals surface area contributed by atoms with Gasteiger partial charge in [-0.2, -0.15) is 0 Å². The van der Waals surface area contributed by atoms with Crippen LogP contribution in [0.3, 0.4) is 0 Å². The Balaban J connectivity index is 1.89. The summed E-state index contributed by atoms with van der Waals surface area (Å²) in [5.41, 5.74) is 0. The molecule has 1 aliphatic carbocycles. The highest BCUT2D eigenvalue weighted by atomic mass is 16.1. The van der Waals surface area contributed by atoms with E-state index >= 15 is 0 Å². The summed E-state index contributed by atoms with van der Waals surface area (Å²) < 4.78 is 0. The molecule has 1 unspecified atom stereocenters. The Bertz CT molecular complexity index is 221. The third kappa shape index (κ3) is 2.15. The summed E-state index contributed by atoms with van der Waals surface area (Å²) in [5, 5.41) is 3.28. The van der Waals surface area contributed by atoms with Crippen molar-refractivity contribution >= 4 is 5.78 Å². The van der Waals surface area contributed by atoms with Crippen LogP contribution in [0.15, 0.2) is 0 Å². The number of nitrogens with zero attached hydrogens (tertiary/aromatic N) is 1. The summed E-state index contributed by atoms with van der Waals surface area (Å²) in [7, 11) is 0. The SMILES string of the molecule is CC(C)N(CC1NCCC1=O)C1CC1. The molecule has 1 saturated heterocycles. The second-order valence-corrected chi connectivity index (χ2v) is 4.74. The number of hydrogen-bond acceptors (Lipinski definition) is 3. The molecule has 14 heavy (non-hydrogen) atoms. The third-order valence-corrected chi connectivity index (χ3v) is 3.22. The van der Waals surface area contributed by atoms with E-state index in [0.717, 1.165) is 25.6 Å². The number of carbonyl (C=O) groups is 1. The standard InChI is InChI=1S/C11H20N2O/c1-8(2)13(9-3-4-9)7-10-11(14)5-6-12-10/h8-10,12H,3-7H2,1-2H3. The van der Waals surface area contributed by atoms with Crippen LogP contribution in [0.25, 0.3) is 0 Å². The van der Waals surface area contributed by atoms with Gasteiger partial charge in [-0.1, -0.05) is 0 Å². The lowest BCUT2D eigenvalue weighted by Crippen LogP contribution is -2.44. The van der Waals surface area contributed by atoms with Crippen molar-refractivity contribution in [1.29, 1.82) is 0 Å². The first-order chi connectivity index (χ1) is 6.68. The number of nitrogens with one attached hydrogen (secondary N) is 1. The van der Waals surface area contributed by atoms with Crippen molar-refractivity contribution in [1.82, 2.24) is 10.2 Å². The van der Waals surface area contributed by atoms with E-state index in [1.54, 1.807) is 0 Å². The molecule has 2 aliphatic rings. The first kappa shape index (κ1) is 10.1. The van der Waals surface area contributed by atoms with Gasteiger partial charge >= 0.3 is 0 Å². The van der Waals surface area contributed by atoms with E-state index in [-0.39, 0.29) is 6.04 Å². The summed E-state index contributed by atoms with van der Waals surface area (Å²) in [6.07, 6.45) is 3.36. The molecular weight excluding hydrogens is 176 g/mol. The molecule has 0 aromatic heterocycles. The third-order valence-electron chi connectivity index (χ3n) is 3.22. The second-order valence-electron chi connectivity index (χ2n) is 4.74. The molecule has 0 aromatic carbocycles. The maximum Gasteiger partial charge on any atom is 0.152 e. The molecule has 0 bridgehead atoms. The first-order valence-corrected chi connectivity index (χ1v) is 5.70. The van der Waals surface area contributed by atoms with Gasteiger partial charge in [0.2, 0.25) is 0 Å². The molecule has 1 N–H and O–H groups in total. The molecule has 3 nitrogen and oxygen atoms in total. The summed E-state index contributed by atoms with van der Waals surface area (Å²) in [6, 6.07) is 1.43. The van der Waals surface area contributed by atoms with Crippen molar-refractivity contribution in [3.63, 3.8) is 0 Å². The predicted molar refractivity (Wildman–Crippen MR) is 56.3 cm³/mol. The highest BCUT2D eigenvalue weighted by Crippen LogP contribution is 2.28. The minimum atomic E-state index is 0.109. The molecule has 2 fully saturated rings. The van der Waals surface area contributed by atoms with E-state index in [2.05, 4.69) is 24.1 Å². The van der Waals surface area contributed by atoms with E-state index in [1.165, 1.54) is 12.8 Å². The number of ketones is 1. The van der Waals surface area contributed by atoms with Gasteiger partial charge in [-0.3, -0.25) is 9.69 Å². The second kappa shape index (κ2) is 3.99. The first-order valence-electron chi connectivity index (χ1n) is 5.70. The zero-order chi connectivity index (χ0) is 10.1. The predicted octanol–water partition coefficient (Wildman–Crippen LogP) is 0.790. The van der Waals surface area contributed by atoms with Crippen LogP contribution in [-0.2, 0) is 4.79 Å². The van der Waals surface area contributed by atoms with Gasteiger partial charge < -0.3 is 5.32 Å². The number of carbonyl (C=O) groups excluding carboxylic acids is 1. The average molecular weight is 196 g/mol. The van der Waals surface area contributed by atoms with Gasteiger partial charge in [-0.25, -0.2) is 0 Å². The van der Waals surface area contributed by atoms with E-state index in [9.17, 15) is 4.79 Å². The highest BCUT2D eigenvalue weighted by Gasteiger charge is 2.34. The van der Waals surface area contributed by atoms with Crippen LogP contribution in [-0.4, -0.2) is 41.9 Å². The van der Waals surface area contributed by atoms with Gasteiger partial charge in [-0.05, 0) is 26.7 Å². The lowest BCUT2D eigenvalue weighted by Gasteiger charge is -2.28. The van der Waals surface area contributed by atoms with Gasteiger partial charge in [0.05, 0.1) is 6.04 Å². The van der Waals surface area contributed by atoms with Crippen molar-refractivity contribution in [2.45, 2.75) is 51.2 Å². The Labute approximate surface area is 85.8 Å². The topological polar surface area (TPSA) is 32.3 Å². The molecule has 0 radical (unpaired) electrons. The van der Waals surface area contributed by atoms with E-state index in [1.807, 2.05) is 0 Å². The maximum atomic E-state index is 11.5. The Morgan fingerprint density at radius 2 is 2.21 bits per heavy atom. The van der Waals surface area contributed by atoms with Crippen molar-refractivity contribution in [2.24, 2.45) is 0 Å². The minimum Gasteiger partial charge on any atom is -0.306 e. The molecule has 1 atom stereocenters. The van der Waals surface area contributed by atoms with E-state index < -0.39 is 0 Å². The average Bonchev–Trinajstić information content (AvgIpc) is 2.87. The number of Topliss-reactive ketones (excluding diaryl/α,β-unsaturated/α-hetero) is 1. The van der Waals surface area contributed by atoms with Crippen LogP contribution in [0, 0.1) is 0 Å². The van der Waals surface area contributed by atoms with Crippen molar-refractivity contribution < 1.29 is 4.79 Å². The zero-order valence-electron chi connectivity index (χ0n) is 9.12. The zero-order valence-corrected chi connectivity index (χ0v) is 9.12. The molecule has 80 valence electrons. The van der Waals surface area contributed by atoms with Crippen LogP contribution in [0.4, 0.5) is 0 Å². The Morgan fingerprint density at radius 1 is 1.50 bits per heavy atom. The quantitative estimate of drug-likeness (QED) is 0.721. The fraction of sp³-hybridized carbons (Fsp3) is 0.909. The van der Waals surface area contributed by atoms with Gasteiger partial charge in [0.1, 0.15) is 0 Å². The normalized spacial score (nSPS) is 28.0. The molecule has 1 aliphatic heterocycles. The van der Waals surface area contributed by atoms with E-state index in [4.69, 9.17) is 0 Å². The van der Waals surface area contributed by atoms with Crippen molar-refractivity contribution in [2.75, 3.05) is 13.1 Å². The van der Waals surface area contributed by atoms with Crippen LogP contribution < -0.4 is 5.32 Å². The van der Waals surface area contributed by atoms with E-state index in [0.29, 0.717) is 11.8 Å². The molecular formula is C11H20N2O. The summed E-state index contributed by atoms with van der Waals surface area (Å²) in [4.78, 5) is 14.0. The Kier molecular flexibility index (Phi) is 2.88. The highest BCUT2D eigenvalue weighted by molar-refractivity contribution is 5.86. The number of rotatable bonds is 4. The molecule has 0 aromatic rings. The Morgan fingerprint density at radius 3 is 2.64 bits per heavy atom. The molecule has 0 spiro atoms. The lowest BCUT2D eigenvalue weighted by molar-refractivity contribution is -0.119. The van der Waals surface area contributed by atoms with Crippen LogP contribution >= 0.6 is 0 Å². The van der Waals surface area contributed by atoms with Gasteiger partial charge in [-0.15, -0.1) is 0 Å². The van der Waals surface area contributed by atoms with Crippen LogP contribution in [0.2, 0.25) is 0 Å². The Hall–Kier alpha value is -0.410. The van der Waals surface area contributed by atoms with Crippen molar-refractivity contribution in [3.05, 3.63) is 0 Å². The van der Waals surface area contributed by atoms with Crippen LogP contribution in [0.1, 0.15) is 33.1 Å². The van der Waals surface area contributed by atoms with Gasteiger partial charge in [0.15, 0.2) is 5.78 Å².